The Morgan fingerprint density at radius 1 is 1.12 bits per heavy atom. The molecule has 0 unspecified atom stereocenters. The van der Waals surface area contributed by atoms with Gasteiger partial charge in [0.25, 0.3) is 5.91 Å². The number of nitrogens with zero attached hydrogens (tertiary/aromatic N) is 7. The number of hydrogen-bond donors (Lipinski definition) is 1. The maximum atomic E-state index is 14.8. The third-order valence-corrected chi connectivity index (χ3v) is 5.08. The van der Waals surface area contributed by atoms with Gasteiger partial charge < -0.3 is 5.32 Å². The fourth-order valence-electron chi connectivity index (χ4n) is 3.42. The quantitative estimate of drug-likeness (QED) is 0.454. The van der Waals surface area contributed by atoms with Crippen molar-refractivity contribution >= 4 is 17.2 Å². The van der Waals surface area contributed by atoms with Crippen molar-refractivity contribution in [1.82, 2.24) is 34.3 Å². The highest BCUT2D eigenvalue weighted by Gasteiger charge is 2.24. The lowest BCUT2D eigenvalue weighted by Crippen LogP contribution is -2.18. The maximum Gasteiger partial charge on any atom is 0.274 e. The molecule has 164 valence electrons. The third kappa shape index (κ3) is 3.59. The number of fused-ring (bicyclic) bond motifs is 1. The lowest BCUT2D eigenvalue weighted by atomic mass is 10.1. The Bertz CT molecular complexity index is 1510. The van der Waals surface area contributed by atoms with Crippen molar-refractivity contribution in [2.45, 2.75) is 6.92 Å². The van der Waals surface area contributed by atoms with Crippen LogP contribution in [0.5, 0.6) is 0 Å². The average Bonchev–Trinajstić information content (AvgIpc) is 3.39. The van der Waals surface area contributed by atoms with E-state index in [4.69, 9.17) is 0 Å². The summed E-state index contributed by atoms with van der Waals surface area (Å²) in [6.45, 7) is 1.49. The van der Waals surface area contributed by atoms with E-state index in [1.807, 2.05) is 30.3 Å². The summed E-state index contributed by atoms with van der Waals surface area (Å²) >= 11 is 0. The van der Waals surface area contributed by atoms with E-state index in [9.17, 15) is 13.6 Å². The van der Waals surface area contributed by atoms with Gasteiger partial charge in [-0.1, -0.05) is 30.3 Å². The molecule has 0 aliphatic carbocycles. The van der Waals surface area contributed by atoms with Gasteiger partial charge in [0.05, 0.1) is 29.3 Å². The number of benzene rings is 1. The molecule has 4 heterocycles. The fraction of sp³-hybridized carbons (Fsp3) is 0.0909. The second-order valence-corrected chi connectivity index (χ2v) is 7.25. The van der Waals surface area contributed by atoms with Crippen LogP contribution in [-0.4, -0.2) is 40.3 Å². The monoisotopic (exact) mass is 446 g/mol. The predicted octanol–water partition coefficient (Wildman–Crippen LogP) is 3.43. The number of aryl methyl sites for hydroxylation is 2. The Morgan fingerprint density at radius 3 is 2.70 bits per heavy atom. The van der Waals surface area contributed by atoms with Crippen LogP contribution in [-0.2, 0) is 7.05 Å². The van der Waals surface area contributed by atoms with Gasteiger partial charge in [0, 0.05) is 18.7 Å². The number of hydrogen-bond acceptors (Lipinski definition) is 6. The van der Waals surface area contributed by atoms with Crippen molar-refractivity contribution in [2.75, 3.05) is 5.32 Å². The molecule has 1 aromatic carbocycles. The summed E-state index contributed by atoms with van der Waals surface area (Å²) in [5, 5.41) is 10.8. The Morgan fingerprint density at radius 2 is 1.91 bits per heavy atom. The summed E-state index contributed by atoms with van der Waals surface area (Å²) in [6, 6.07) is 10.6. The van der Waals surface area contributed by atoms with Crippen LogP contribution >= 0.6 is 0 Å². The summed E-state index contributed by atoms with van der Waals surface area (Å²) in [5.41, 5.74) is 1.24. The number of pyridine rings is 1. The zero-order valence-corrected chi connectivity index (χ0v) is 17.5. The number of nitrogens with one attached hydrogen (secondary N) is 1. The number of carbonyl (C=O) groups is 1. The van der Waals surface area contributed by atoms with Crippen LogP contribution in [0.15, 0.2) is 55.1 Å². The predicted molar refractivity (Wildman–Crippen MR) is 115 cm³/mol. The Balaban J connectivity index is 1.51. The standard InChI is InChI=1S/C22H16F2N8O/c1-12-18(24)19(26-11-25-12)14-9-27-31(2)20(14)22(33)28-16-8-17-29-21(13-6-4-3-5-7-13)30-32(17)10-15(16)23/h3-11H,1-2H3,(H,28,33). The third-order valence-electron chi connectivity index (χ3n) is 5.08. The van der Waals surface area contributed by atoms with Gasteiger partial charge >= 0.3 is 0 Å². The number of aromatic nitrogens is 7. The van der Waals surface area contributed by atoms with Gasteiger partial charge in [-0.15, -0.1) is 5.10 Å². The van der Waals surface area contributed by atoms with Gasteiger partial charge in [0.15, 0.2) is 23.1 Å². The molecule has 11 heteroatoms. The number of carbonyl (C=O) groups excluding carboxylic acids is 1. The highest BCUT2D eigenvalue weighted by atomic mass is 19.1. The molecule has 0 bridgehead atoms. The summed E-state index contributed by atoms with van der Waals surface area (Å²) in [5.74, 6) is -1.65. The molecule has 1 amide bonds. The molecular weight excluding hydrogens is 430 g/mol. The molecule has 1 N–H and O–H groups in total. The summed E-state index contributed by atoms with van der Waals surface area (Å²) in [7, 11) is 1.52. The van der Waals surface area contributed by atoms with Gasteiger partial charge in [0.2, 0.25) is 0 Å². The van der Waals surface area contributed by atoms with E-state index in [0.29, 0.717) is 11.5 Å². The lowest BCUT2D eigenvalue weighted by Gasteiger charge is -2.09. The molecule has 0 aliphatic heterocycles. The zero-order valence-electron chi connectivity index (χ0n) is 17.5. The maximum absolute atomic E-state index is 14.8. The summed E-state index contributed by atoms with van der Waals surface area (Å²) < 4.78 is 31.9. The second-order valence-electron chi connectivity index (χ2n) is 7.25. The number of rotatable bonds is 4. The van der Waals surface area contributed by atoms with E-state index in [0.717, 1.165) is 11.8 Å². The first-order valence-electron chi connectivity index (χ1n) is 9.84. The SMILES string of the molecule is Cc1ncnc(-c2cnn(C)c2C(=O)Nc2cc3nc(-c4ccccc4)nn3cc2F)c1F. The summed E-state index contributed by atoms with van der Waals surface area (Å²) in [4.78, 5) is 25.2. The van der Waals surface area contributed by atoms with Gasteiger partial charge in [0.1, 0.15) is 17.7 Å². The van der Waals surface area contributed by atoms with Crippen molar-refractivity contribution in [1.29, 1.82) is 0 Å². The molecule has 5 aromatic rings. The van der Waals surface area contributed by atoms with Crippen LogP contribution in [0, 0.1) is 18.6 Å². The van der Waals surface area contributed by atoms with E-state index in [1.165, 1.54) is 41.8 Å². The molecule has 0 atom stereocenters. The van der Waals surface area contributed by atoms with Gasteiger partial charge in [-0.25, -0.2) is 28.2 Å². The first kappa shape index (κ1) is 20.4. The average molecular weight is 446 g/mol. The smallest absolute Gasteiger partial charge is 0.274 e. The summed E-state index contributed by atoms with van der Waals surface area (Å²) in [6.07, 6.45) is 3.65. The largest absolute Gasteiger partial charge is 0.318 e. The second kappa shape index (κ2) is 7.86. The van der Waals surface area contributed by atoms with Gasteiger partial charge in [-0.05, 0) is 6.92 Å². The minimum atomic E-state index is -0.715. The number of anilines is 1. The zero-order chi connectivity index (χ0) is 23.1. The Hall–Kier alpha value is -4.54. The molecule has 0 saturated heterocycles. The van der Waals surface area contributed by atoms with Gasteiger partial charge in [-0.2, -0.15) is 5.10 Å². The molecule has 0 radical (unpaired) electrons. The van der Waals surface area contributed by atoms with E-state index >= 15 is 0 Å². The fourth-order valence-corrected chi connectivity index (χ4v) is 3.42. The van der Waals surface area contributed by atoms with Crippen LogP contribution in [0.1, 0.15) is 16.2 Å². The number of amides is 1. The molecule has 5 rings (SSSR count). The van der Waals surface area contributed by atoms with Crippen LogP contribution in [0.4, 0.5) is 14.5 Å². The van der Waals surface area contributed by atoms with Crippen molar-refractivity contribution in [2.24, 2.45) is 7.05 Å². The molecule has 0 spiro atoms. The van der Waals surface area contributed by atoms with E-state index in [-0.39, 0.29) is 28.3 Å². The normalized spacial score (nSPS) is 11.2. The van der Waals surface area contributed by atoms with Gasteiger partial charge in [-0.3, -0.25) is 9.48 Å². The minimum Gasteiger partial charge on any atom is -0.318 e. The van der Waals surface area contributed by atoms with Crippen LogP contribution in [0.25, 0.3) is 28.3 Å². The van der Waals surface area contributed by atoms with E-state index in [1.54, 1.807) is 0 Å². The van der Waals surface area contributed by atoms with Crippen molar-refractivity contribution in [3.8, 4) is 22.6 Å². The molecule has 0 fully saturated rings. The molecule has 33 heavy (non-hydrogen) atoms. The van der Waals surface area contributed by atoms with Crippen molar-refractivity contribution < 1.29 is 13.6 Å². The Labute approximate surface area is 185 Å². The lowest BCUT2D eigenvalue weighted by molar-refractivity contribution is 0.101. The molecular formula is C22H16F2N8O. The van der Waals surface area contributed by atoms with Crippen LogP contribution in [0.2, 0.25) is 0 Å². The van der Waals surface area contributed by atoms with E-state index in [2.05, 4.69) is 30.5 Å². The molecule has 9 nitrogen and oxygen atoms in total. The highest BCUT2D eigenvalue weighted by Crippen LogP contribution is 2.26. The minimum absolute atomic E-state index is 0.0118. The highest BCUT2D eigenvalue weighted by molar-refractivity contribution is 6.07. The molecule has 4 aromatic heterocycles. The molecule has 0 aliphatic rings. The first-order valence-corrected chi connectivity index (χ1v) is 9.84. The van der Waals surface area contributed by atoms with Crippen LogP contribution in [0.3, 0.4) is 0 Å². The van der Waals surface area contributed by atoms with E-state index < -0.39 is 17.5 Å². The molecule has 0 saturated carbocycles. The number of halogens is 2. The van der Waals surface area contributed by atoms with Crippen molar-refractivity contribution in [3.05, 3.63) is 78.1 Å². The Kier molecular flexibility index (Phi) is 4.85. The van der Waals surface area contributed by atoms with Crippen molar-refractivity contribution in [3.63, 3.8) is 0 Å². The first-order chi connectivity index (χ1) is 15.9. The topological polar surface area (TPSA) is 103 Å². The van der Waals surface area contributed by atoms with Crippen LogP contribution < -0.4 is 5.32 Å².